The lowest BCUT2D eigenvalue weighted by molar-refractivity contribution is -0.0110. The molecule has 0 saturated heterocycles. The molecular weight excluding hydrogens is 705 g/mol. The van der Waals surface area contributed by atoms with Crippen molar-refractivity contribution in [1.82, 2.24) is 19.6 Å². The molecule has 2 unspecified atom stereocenters. The Bertz CT molecular complexity index is 1470. The fourth-order valence-corrected chi connectivity index (χ4v) is 6.51. The molecule has 300 valence electrons. The summed E-state index contributed by atoms with van der Waals surface area (Å²) in [5, 5.41) is 30.9. The molecule has 0 amide bonds. The van der Waals surface area contributed by atoms with Crippen LogP contribution in [0.3, 0.4) is 0 Å². The lowest BCUT2D eigenvalue weighted by Gasteiger charge is -2.25. The van der Waals surface area contributed by atoms with Crippen molar-refractivity contribution >= 4 is 19.9 Å². The minimum absolute atomic E-state index is 0.0777. The van der Waals surface area contributed by atoms with E-state index >= 15 is 0 Å². The number of aliphatic hydroxyl groups excluding tert-OH is 1. The number of nitrogens with zero attached hydrogens (tertiary/aromatic N) is 6. The van der Waals surface area contributed by atoms with Crippen molar-refractivity contribution in [3.05, 3.63) is 53.7 Å². The van der Waals surface area contributed by atoms with Gasteiger partial charge in [-0.15, -0.1) is 0 Å². The van der Waals surface area contributed by atoms with E-state index in [9.17, 15) is 10.2 Å². The number of hydrogen-bond donors (Lipinski definition) is 3. The Morgan fingerprint density at radius 1 is 0.815 bits per heavy atom. The molecule has 3 heterocycles. The van der Waals surface area contributed by atoms with Gasteiger partial charge < -0.3 is 34.3 Å². The van der Waals surface area contributed by atoms with Gasteiger partial charge >= 0.3 is 8.60 Å². The van der Waals surface area contributed by atoms with Gasteiger partial charge in [0.05, 0.1) is 31.1 Å². The van der Waals surface area contributed by atoms with Gasteiger partial charge in [0.1, 0.15) is 24.0 Å². The first kappa shape index (κ1) is 46.9. The number of hydrogen-bond acceptors (Lipinski definition) is 12. The normalized spacial score (nSPS) is 12.8. The second-order valence-electron chi connectivity index (χ2n) is 13.5. The number of unbranched alkanes of at least 4 members (excludes halogenated alkanes) is 15. The third-order valence-corrected chi connectivity index (χ3v) is 9.99. The Balaban J connectivity index is 0.000000867. The summed E-state index contributed by atoms with van der Waals surface area (Å²) in [4.78, 5) is 18.0. The smallest absolute Gasteiger partial charge is 0.329 e. The van der Waals surface area contributed by atoms with Crippen molar-refractivity contribution in [2.24, 2.45) is 0 Å². The van der Waals surface area contributed by atoms with Gasteiger partial charge in [0, 0.05) is 32.2 Å². The molecule has 0 spiro atoms. The van der Waals surface area contributed by atoms with Crippen LogP contribution in [0.1, 0.15) is 139 Å². The Morgan fingerprint density at radius 2 is 1.44 bits per heavy atom. The molecule has 0 aromatic carbocycles. The summed E-state index contributed by atoms with van der Waals surface area (Å²) in [5.74, 6) is 0.390. The maximum absolute atomic E-state index is 10.2. The second kappa shape index (κ2) is 30.0. The first-order valence-electron chi connectivity index (χ1n) is 19.7. The van der Waals surface area contributed by atoms with Crippen molar-refractivity contribution in [2.75, 3.05) is 39.3 Å². The van der Waals surface area contributed by atoms with Gasteiger partial charge in [-0.25, -0.2) is 9.50 Å². The number of aryl methyl sites for hydroxylation is 1. The lowest BCUT2D eigenvalue weighted by Crippen LogP contribution is -2.35. The van der Waals surface area contributed by atoms with Crippen LogP contribution < -0.4 is 5.73 Å². The summed E-state index contributed by atoms with van der Waals surface area (Å²) >= 11 is 0. The fourth-order valence-electron chi connectivity index (χ4n) is 5.83. The van der Waals surface area contributed by atoms with Gasteiger partial charge in [0.15, 0.2) is 11.4 Å². The SMILES string of the molecule is CCCCCCCCCCCCCCCCCCOCCCOP(O)OCC(C#N)(CCc1ccc2c(N)ncnn12)OC.N#Cc1ccc(CO)nc1. The highest BCUT2D eigenvalue weighted by molar-refractivity contribution is 7.40. The van der Waals surface area contributed by atoms with Crippen LogP contribution in [-0.4, -0.2) is 68.7 Å². The van der Waals surface area contributed by atoms with Crippen molar-refractivity contribution in [3.63, 3.8) is 0 Å². The van der Waals surface area contributed by atoms with E-state index in [1.165, 1.54) is 116 Å². The Kier molecular flexibility index (Phi) is 26.1. The van der Waals surface area contributed by atoms with E-state index < -0.39 is 14.2 Å². The average Bonchev–Trinajstić information content (AvgIpc) is 3.63. The molecule has 2 atom stereocenters. The highest BCUT2D eigenvalue weighted by atomic mass is 31.2. The maximum Gasteiger partial charge on any atom is 0.329 e. The molecule has 3 aromatic heterocycles. The molecule has 4 N–H and O–H groups in total. The van der Waals surface area contributed by atoms with Gasteiger partial charge in [-0.1, -0.05) is 103 Å². The third kappa shape index (κ3) is 19.9. The minimum Gasteiger partial charge on any atom is -0.390 e. The van der Waals surface area contributed by atoms with Crippen molar-refractivity contribution in [3.8, 4) is 12.1 Å². The highest BCUT2D eigenvalue weighted by Crippen LogP contribution is 2.35. The lowest BCUT2D eigenvalue weighted by atomic mass is 9.99. The molecule has 0 bridgehead atoms. The van der Waals surface area contributed by atoms with Crippen molar-refractivity contribution in [2.45, 2.75) is 141 Å². The Hall–Kier alpha value is -3.26. The van der Waals surface area contributed by atoms with E-state index in [1.807, 2.05) is 18.2 Å². The van der Waals surface area contributed by atoms with E-state index in [4.69, 9.17) is 34.6 Å². The summed E-state index contributed by atoms with van der Waals surface area (Å²) in [7, 11) is -0.662. The molecular formula is C40H64N7O6P. The van der Waals surface area contributed by atoms with E-state index in [-0.39, 0.29) is 13.2 Å². The number of nitriles is 2. The zero-order chi connectivity index (χ0) is 39.1. The van der Waals surface area contributed by atoms with Crippen molar-refractivity contribution in [1.29, 1.82) is 10.5 Å². The number of rotatable bonds is 30. The van der Waals surface area contributed by atoms with Gasteiger partial charge in [0.25, 0.3) is 0 Å². The summed E-state index contributed by atoms with van der Waals surface area (Å²) in [6, 6.07) is 11.1. The minimum atomic E-state index is -2.12. The van der Waals surface area contributed by atoms with Crippen LogP contribution >= 0.6 is 8.60 Å². The first-order valence-corrected chi connectivity index (χ1v) is 20.9. The van der Waals surface area contributed by atoms with Gasteiger partial charge in [-0.3, -0.25) is 4.98 Å². The van der Waals surface area contributed by atoms with E-state index in [1.54, 1.807) is 16.6 Å². The maximum atomic E-state index is 10.2. The largest absolute Gasteiger partial charge is 0.390 e. The van der Waals surface area contributed by atoms with Crippen LogP contribution in [0.25, 0.3) is 5.52 Å². The molecule has 0 aliphatic heterocycles. The fraction of sp³-hybridized carbons (Fsp3) is 0.675. The number of nitrogens with two attached hydrogens (primary N) is 1. The molecule has 0 aliphatic rings. The molecule has 14 heteroatoms. The number of aromatic nitrogens is 4. The number of pyridine rings is 1. The van der Waals surface area contributed by atoms with Gasteiger partial charge in [-0.2, -0.15) is 15.6 Å². The van der Waals surface area contributed by atoms with E-state index in [0.29, 0.717) is 55.1 Å². The average molecular weight is 770 g/mol. The molecule has 0 fully saturated rings. The quantitative estimate of drug-likeness (QED) is 0.0433. The number of ether oxygens (including phenoxy) is 2. The zero-order valence-corrected chi connectivity index (χ0v) is 33.6. The van der Waals surface area contributed by atoms with Crippen molar-refractivity contribution < 1.29 is 28.5 Å². The molecule has 3 aromatic rings. The summed E-state index contributed by atoms with van der Waals surface area (Å²) in [5.41, 5.74) is 7.34. The predicted molar refractivity (Wildman–Crippen MR) is 212 cm³/mol. The molecule has 54 heavy (non-hydrogen) atoms. The van der Waals surface area contributed by atoms with Crippen LogP contribution in [0.2, 0.25) is 0 Å². The first-order chi connectivity index (χ1) is 26.4. The Morgan fingerprint density at radius 3 is 2.00 bits per heavy atom. The zero-order valence-electron chi connectivity index (χ0n) is 32.7. The van der Waals surface area contributed by atoms with Crippen LogP contribution in [0.4, 0.5) is 5.82 Å². The predicted octanol–water partition coefficient (Wildman–Crippen LogP) is 8.52. The topological polar surface area (TPSA) is 194 Å². The van der Waals surface area contributed by atoms with Gasteiger partial charge in [0.2, 0.25) is 0 Å². The number of fused-ring (bicyclic) bond motifs is 1. The summed E-state index contributed by atoms with van der Waals surface area (Å²) in [6.07, 6.45) is 26.1. The van der Waals surface area contributed by atoms with E-state index in [2.05, 4.69) is 28.1 Å². The monoisotopic (exact) mass is 769 g/mol. The number of aliphatic hydroxyl groups is 1. The molecule has 3 rings (SSSR count). The van der Waals surface area contributed by atoms with Gasteiger partial charge in [-0.05, 0) is 49.9 Å². The molecule has 0 radical (unpaired) electrons. The second-order valence-corrected chi connectivity index (χ2v) is 14.5. The number of methoxy groups -OCH3 is 1. The molecule has 13 nitrogen and oxygen atoms in total. The van der Waals surface area contributed by atoms with Crippen LogP contribution in [0.15, 0.2) is 36.8 Å². The number of anilines is 1. The molecule has 0 aliphatic carbocycles. The standard InChI is InChI=1S/C33H58N5O5P.C7H6N2O/c1-3-4-5-6-7-8-9-10-11-12-13-14-15-16-17-18-24-41-25-19-26-42-44(39)43-28-33(27-34,40-2)23-22-30-20-21-31-32(35)36-29-37-38(30)31;8-3-6-1-2-7(5-10)9-4-6/h20-21,29,39H,3-19,22-26,28H2,1-2H3,(H2,35,36,37);1-2,4,10H,5H2. The van der Waals surface area contributed by atoms with Crippen LogP contribution in [0, 0.1) is 22.7 Å². The Labute approximate surface area is 324 Å². The summed E-state index contributed by atoms with van der Waals surface area (Å²) in [6.45, 7) is 3.76. The molecule has 0 saturated carbocycles. The van der Waals surface area contributed by atoms with E-state index in [0.717, 1.165) is 18.7 Å². The summed E-state index contributed by atoms with van der Waals surface area (Å²) < 4.78 is 23.8. The van der Waals surface area contributed by atoms with Crippen LogP contribution in [-0.2, 0) is 31.5 Å². The van der Waals surface area contributed by atoms with Crippen LogP contribution in [0.5, 0.6) is 0 Å². The third-order valence-electron chi connectivity index (χ3n) is 9.24. The highest BCUT2D eigenvalue weighted by Gasteiger charge is 2.32. The number of nitrogen functional groups attached to an aromatic ring is 1.